The first-order valence-electron chi connectivity index (χ1n) is 5.33. The molecular weight excluding hydrogens is 332 g/mol. The van der Waals surface area contributed by atoms with Crippen molar-refractivity contribution in [2.45, 2.75) is 6.92 Å². The number of carbonyl (C=O) groups is 1. The molecule has 0 fully saturated rings. The molecule has 0 saturated heterocycles. The molecule has 0 spiro atoms. The summed E-state index contributed by atoms with van der Waals surface area (Å²) in [6.45, 7) is 1.83. The maximum absolute atomic E-state index is 12.0. The summed E-state index contributed by atoms with van der Waals surface area (Å²) in [6.07, 6.45) is 1.36. The van der Waals surface area contributed by atoms with Crippen molar-refractivity contribution in [1.82, 2.24) is 9.97 Å². The molecule has 98 valence electrons. The van der Waals surface area contributed by atoms with Gasteiger partial charge in [0.25, 0.3) is 5.91 Å². The zero-order valence-electron chi connectivity index (χ0n) is 9.95. The minimum absolute atomic E-state index is 0.191. The number of halogens is 2. The minimum atomic E-state index is -0.344. The number of nitrogens with one attached hydrogen (secondary N) is 1. The first kappa shape index (κ1) is 13.8. The lowest BCUT2D eigenvalue weighted by Crippen LogP contribution is -2.14. The van der Waals surface area contributed by atoms with E-state index in [0.717, 1.165) is 10.2 Å². The molecule has 0 radical (unpaired) electrons. The summed E-state index contributed by atoms with van der Waals surface area (Å²) in [5.74, 6) is 0.304. The van der Waals surface area contributed by atoms with Gasteiger partial charge in [-0.2, -0.15) is 0 Å². The highest BCUT2D eigenvalue weighted by Crippen LogP contribution is 2.19. The summed E-state index contributed by atoms with van der Waals surface area (Å²) >= 11 is 9.16. The van der Waals surface area contributed by atoms with Gasteiger partial charge in [0.05, 0.1) is 16.3 Å². The van der Waals surface area contributed by atoms with Gasteiger partial charge in [-0.25, -0.2) is 9.97 Å². The van der Waals surface area contributed by atoms with Crippen molar-refractivity contribution in [1.29, 1.82) is 0 Å². The van der Waals surface area contributed by atoms with Gasteiger partial charge in [0.1, 0.15) is 11.6 Å². The number of hydrogen-bond donors (Lipinski definition) is 2. The number of aromatic nitrogens is 2. The normalized spacial score (nSPS) is 10.3. The molecular formula is C12H10BrClN4O. The molecule has 0 atom stereocenters. The Bertz CT molecular complexity index is 648. The Morgan fingerprint density at radius 3 is 2.84 bits per heavy atom. The van der Waals surface area contributed by atoms with Crippen molar-refractivity contribution in [3.8, 4) is 0 Å². The monoisotopic (exact) mass is 340 g/mol. The van der Waals surface area contributed by atoms with Crippen LogP contribution in [-0.2, 0) is 0 Å². The van der Waals surface area contributed by atoms with Crippen molar-refractivity contribution in [2.75, 3.05) is 11.1 Å². The second kappa shape index (κ2) is 5.54. The van der Waals surface area contributed by atoms with Gasteiger partial charge in [-0.05, 0) is 41.1 Å². The Hall–Kier alpha value is -1.66. The second-order valence-corrected chi connectivity index (χ2v) is 5.07. The number of anilines is 2. The van der Waals surface area contributed by atoms with Crippen molar-refractivity contribution in [3.63, 3.8) is 0 Å². The van der Waals surface area contributed by atoms with Crippen LogP contribution in [0.3, 0.4) is 0 Å². The van der Waals surface area contributed by atoms with Crippen LogP contribution in [0.2, 0.25) is 5.02 Å². The molecule has 0 bridgehead atoms. The molecule has 7 heteroatoms. The van der Waals surface area contributed by atoms with E-state index in [9.17, 15) is 4.79 Å². The third-order valence-electron chi connectivity index (χ3n) is 2.39. The SMILES string of the molecule is Cc1nc(NC(=O)c2cnc(N)c(Cl)c2)ccc1Br. The molecule has 5 nitrogen and oxygen atoms in total. The number of carbonyl (C=O) groups excluding carboxylic acids is 1. The first-order valence-corrected chi connectivity index (χ1v) is 6.50. The minimum Gasteiger partial charge on any atom is -0.382 e. The lowest BCUT2D eigenvalue weighted by Gasteiger charge is -2.06. The van der Waals surface area contributed by atoms with Crippen LogP contribution in [0.4, 0.5) is 11.6 Å². The highest BCUT2D eigenvalue weighted by Gasteiger charge is 2.10. The summed E-state index contributed by atoms with van der Waals surface area (Å²) in [4.78, 5) is 20.0. The van der Waals surface area contributed by atoms with Gasteiger partial charge in [0.2, 0.25) is 0 Å². The number of aryl methyl sites for hydroxylation is 1. The number of rotatable bonds is 2. The van der Waals surface area contributed by atoms with Gasteiger partial charge in [-0.1, -0.05) is 11.6 Å². The van der Waals surface area contributed by atoms with Crippen LogP contribution in [0.1, 0.15) is 16.1 Å². The Balaban J connectivity index is 2.20. The van der Waals surface area contributed by atoms with Crippen LogP contribution in [0.25, 0.3) is 0 Å². The van der Waals surface area contributed by atoms with Crippen LogP contribution in [0.15, 0.2) is 28.9 Å². The molecule has 2 aromatic heterocycles. The van der Waals surface area contributed by atoms with E-state index in [-0.39, 0.29) is 16.7 Å². The quantitative estimate of drug-likeness (QED) is 0.879. The number of nitrogens with two attached hydrogens (primary N) is 1. The molecule has 0 aromatic carbocycles. The van der Waals surface area contributed by atoms with Crippen LogP contribution in [-0.4, -0.2) is 15.9 Å². The summed E-state index contributed by atoms with van der Waals surface area (Å²) in [7, 11) is 0. The summed E-state index contributed by atoms with van der Waals surface area (Å²) in [5.41, 5.74) is 6.59. The molecule has 2 rings (SSSR count). The number of nitrogens with zero attached hydrogens (tertiary/aromatic N) is 2. The number of nitrogen functional groups attached to an aromatic ring is 1. The van der Waals surface area contributed by atoms with Crippen LogP contribution in [0.5, 0.6) is 0 Å². The first-order chi connectivity index (χ1) is 8.97. The zero-order valence-corrected chi connectivity index (χ0v) is 12.3. The van der Waals surface area contributed by atoms with E-state index >= 15 is 0 Å². The number of pyridine rings is 2. The molecule has 0 aliphatic heterocycles. The molecule has 2 heterocycles. The van der Waals surface area contributed by atoms with Crippen LogP contribution < -0.4 is 11.1 Å². The van der Waals surface area contributed by atoms with E-state index in [1.807, 2.05) is 13.0 Å². The third kappa shape index (κ3) is 3.21. The maximum atomic E-state index is 12.0. The number of hydrogen-bond acceptors (Lipinski definition) is 4. The smallest absolute Gasteiger partial charge is 0.258 e. The van der Waals surface area contributed by atoms with Crippen molar-refractivity contribution < 1.29 is 4.79 Å². The van der Waals surface area contributed by atoms with Gasteiger partial charge < -0.3 is 11.1 Å². The van der Waals surface area contributed by atoms with Gasteiger partial charge >= 0.3 is 0 Å². The van der Waals surface area contributed by atoms with E-state index in [1.54, 1.807) is 6.07 Å². The standard InChI is InChI=1S/C12H10BrClN4O/c1-6-8(13)2-3-10(17-6)18-12(19)7-4-9(14)11(15)16-5-7/h2-5H,1H3,(H2,15,16)(H,17,18,19). The predicted molar refractivity (Wildman–Crippen MR) is 78.3 cm³/mol. The fourth-order valence-corrected chi connectivity index (χ4v) is 1.76. The van der Waals surface area contributed by atoms with Crippen molar-refractivity contribution in [3.05, 3.63) is 45.1 Å². The van der Waals surface area contributed by atoms with E-state index in [4.69, 9.17) is 17.3 Å². The lowest BCUT2D eigenvalue weighted by atomic mass is 10.2. The predicted octanol–water partition coefficient (Wildman–Crippen LogP) is 3.04. The largest absolute Gasteiger partial charge is 0.382 e. The Morgan fingerprint density at radius 2 is 2.21 bits per heavy atom. The van der Waals surface area contributed by atoms with Gasteiger partial charge in [-0.15, -0.1) is 0 Å². The van der Waals surface area contributed by atoms with Crippen LogP contribution in [0, 0.1) is 6.92 Å². The Morgan fingerprint density at radius 1 is 1.47 bits per heavy atom. The highest BCUT2D eigenvalue weighted by molar-refractivity contribution is 9.10. The molecule has 3 N–H and O–H groups in total. The van der Waals surface area contributed by atoms with E-state index in [0.29, 0.717) is 11.4 Å². The van der Waals surface area contributed by atoms with Gasteiger partial charge in [0.15, 0.2) is 0 Å². The van der Waals surface area contributed by atoms with E-state index in [2.05, 4.69) is 31.2 Å². The molecule has 0 saturated carbocycles. The fraction of sp³-hybridized carbons (Fsp3) is 0.0833. The maximum Gasteiger partial charge on any atom is 0.258 e. The molecule has 1 amide bonds. The average molecular weight is 342 g/mol. The van der Waals surface area contributed by atoms with E-state index in [1.165, 1.54) is 12.3 Å². The van der Waals surface area contributed by atoms with Crippen molar-refractivity contribution >= 4 is 45.1 Å². The summed E-state index contributed by atoms with van der Waals surface area (Å²) < 4.78 is 0.877. The van der Waals surface area contributed by atoms with Crippen molar-refractivity contribution in [2.24, 2.45) is 0 Å². The fourth-order valence-electron chi connectivity index (χ4n) is 1.37. The third-order valence-corrected chi connectivity index (χ3v) is 3.54. The number of amides is 1. The second-order valence-electron chi connectivity index (χ2n) is 3.81. The molecule has 2 aromatic rings. The molecule has 0 aliphatic carbocycles. The molecule has 0 unspecified atom stereocenters. The average Bonchev–Trinajstić information content (AvgIpc) is 2.37. The lowest BCUT2D eigenvalue weighted by molar-refractivity contribution is 0.102. The summed E-state index contributed by atoms with van der Waals surface area (Å²) in [5, 5.41) is 2.91. The van der Waals surface area contributed by atoms with E-state index < -0.39 is 0 Å². The van der Waals surface area contributed by atoms with Crippen LogP contribution >= 0.6 is 27.5 Å². The van der Waals surface area contributed by atoms with Gasteiger partial charge in [-0.3, -0.25) is 4.79 Å². The topological polar surface area (TPSA) is 80.9 Å². The molecule has 19 heavy (non-hydrogen) atoms. The molecule has 0 aliphatic rings. The summed E-state index contributed by atoms with van der Waals surface area (Å²) in [6, 6.07) is 4.97. The zero-order chi connectivity index (χ0) is 14.0. The highest BCUT2D eigenvalue weighted by atomic mass is 79.9. The van der Waals surface area contributed by atoms with Gasteiger partial charge in [0, 0.05) is 10.7 Å². The Kier molecular flexibility index (Phi) is 4.01. The Labute approximate surface area is 123 Å².